The fourth-order valence-electron chi connectivity index (χ4n) is 3.16. The summed E-state index contributed by atoms with van der Waals surface area (Å²) in [7, 11) is 0. The van der Waals surface area contributed by atoms with Crippen molar-refractivity contribution in [2.45, 2.75) is 59.4 Å². The third-order valence-electron chi connectivity index (χ3n) is 4.66. The zero-order valence-electron chi connectivity index (χ0n) is 16.1. The van der Waals surface area contributed by atoms with E-state index in [-0.39, 0.29) is 24.0 Å². The van der Waals surface area contributed by atoms with Crippen LogP contribution in [0, 0.1) is 13.8 Å². The molecule has 1 aliphatic heterocycles. The molecular formula is C18H34IN5S. The predicted octanol–water partition coefficient (Wildman–Crippen LogP) is 3.35. The van der Waals surface area contributed by atoms with E-state index in [1.165, 1.54) is 35.7 Å². The number of thiazole rings is 1. The Morgan fingerprint density at radius 2 is 2.08 bits per heavy atom. The molecule has 1 aliphatic rings. The van der Waals surface area contributed by atoms with Crippen molar-refractivity contribution in [2.75, 3.05) is 32.7 Å². The van der Waals surface area contributed by atoms with Gasteiger partial charge in [-0.15, -0.1) is 35.3 Å². The average Bonchev–Trinajstić information content (AvgIpc) is 2.91. The number of nitrogens with zero attached hydrogens (tertiary/aromatic N) is 3. The summed E-state index contributed by atoms with van der Waals surface area (Å²) < 4.78 is 0. The highest BCUT2D eigenvalue weighted by Crippen LogP contribution is 2.17. The number of hydrogen-bond donors (Lipinski definition) is 2. The number of halogens is 1. The van der Waals surface area contributed by atoms with Crippen molar-refractivity contribution in [3.05, 3.63) is 15.6 Å². The summed E-state index contributed by atoms with van der Waals surface area (Å²) >= 11 is 1.80. The molecule has 2 N–H and O–H groups in total. The molecule has 144 valence electrons. The molecule has 1 fully saturated rings. The molecule has 0 aliphatic carbocycles. The van der Waals surface area contributed by atoms with Gasteiger partial charge in [0.2, 0.25) is 0 Å². The van der Waals surface area contributed by atoms with E-state index in [0.717, 1.165) is 44.3 Å². The van der Waals surface area contributed by atoms with Crippen molar-refractivity contribution < 1.29 is 0 Å². The quantitative estimate of drug-likeness (QED) is 0.358. The van der Waals surface area contributed by atoms with Crippen LogP contribution >= 0.6 is 35.3 Å². The Morgan fingerprint density at radius 1 is 1.28 bits per heavy atom. The Kier molecular flexibility index (Phi) is 10.9. The maximum atomic E-state index is 4.83. The second kappa shape index (κ2) is 12.1. The molecule has 1 atom stereocenters. The lowest BCUT2D eigenvalue weighted by atomic mass is 10.0. The molecule has 2 heterocycles. The van der Waals surface area contributed by atoms with Crippen LogP contribution in [0.25, 0.3) is 0 Å². The highest BCUT2D eigenvalue weighted by atomic mass is 127. The molecule has 25 heavy (non-hydrogen) atoms. The summed E-state index contributed by atoms with van der Waals surface area (Å²) in [5.41, 5.74) is 1.16. The van der Waals surface area contributed by atoms with Gasteiger partial charge in [-0.2, -0.15) is 0 Å². The van der Waals surface area contributed by atoms with Crippen molar-refractivity contribution in [2.24, 2.45) is 4.99 Å². The van der Waals surface area contributed by atoms with Gasteiger partial charge in [0.25, 0.3) is 0 Å². The Bertz CT molecular complexity index is 512. The van der Waals surface area contributed by atoms with Gasteiger partial charge < -0.3 is 10.6 Å². The SMILES string of the molecule is CCNC(=NCC1CCCCN1CC)NCCc1nc(C)c(C)s1.I. The van der Waals surface area contributed by atoms with E-state index in [2.05, 4.69) is 48.2 Å². The first-order valence-corrected chi connectivity index (χ1v) is 10.1. The molecule has 0 amide bonds. The first-order chi connectivity index (χ1) is 11.6. The van der Waals surface area contributed by atoms with Crippen LogP contribution in [0.1, 0.15) is 48.7 Å². The number of likely N-dealkylation sites (N-methyl/N-ethyl adjacent to an activating group) is 1. The smallest absolute Gasteiger partial charge is 0.191 e. The van der Waals surface area contributed by atoms with Gasteiger partial charge in [0.05, 0.1) is 17.2 Å². The standard InChI is InChI=1S/C18H33N5S.HI/c1-5-19-18(20-11-10-17-22-14(3)15(4)24-17)21-13-16-9-7-8-12-23(16)6-2;/h16H,5-13H2,1-4H3,(H2,19,20,21);1H. The van der Waals surface area contributed by atoms with Crippen LogP contribution in [-0.4, -0.2) is 54.6 Å². The van der Waals surface area contributed by atoms with Gasteiger partial charge >= 0.3 is 0 Å². The topological polar surface area (TPSA) is 52.6 Å². The fraction of sp³-hybridized carbons (Fsp3) is 0.778. The highest BCUT2D eigenvalue weighted by molar-refractivity contribution is 14.0. The maximum absolute atomic E-state index is 4.83. The Morgan fingerprint density at radius 3 is 2.72 bits per heavy atom. The minimum Gasteiger partial charge on any atom is -0.357 e. The molecule has 0 bridgehead atoms. The van der Waals surface area contributed by atoms with E-state index in [1.807, 2.05) is 0 Å². The second-order valence-corrected chi connectivity index (χ2v) is 7.71. The molecular weight excluding hydrogens is 445 g/mol. The molecule has 2 rings (SSSR count). The third-order valence-corrected chi connectivity index (χ3v) is 5.80. The zero-order chi connectivity index (χ0) is 17.4. The van der Waals surface area contributed by atoms with Crippen LogP contribution in [0.5, 0.6) is 0 Å². The Balaban J connectivity index is 0.00000312. The van der Waals surface area contributed by atoms with Crippen LogP contribution < -0.4 is 10.6 Å². The average molecular weight is 479 g/mol. The number of aryl methyl sites for hydroxylation is 2. The molecule has 0 spiro atoms. The number of aromatic nitrogens is 1. The number of rotatable bonds is 7. The van der Waals surface area contributed by atoms with Crippen LogP contribution in [-0.2, 0) is 6.42 Å². The van der Waals surface area contributed by atoms with Gasteiger partial charge in [-0.3, -0.25) is 9.89 Å². The lowest BCUT2D eigenvalue weighted by Crippen LogP contribution is -2.43. The van der Waals surface area contributed by atoms with E-state index in [4.69, 9.17) is 4.99 Å². The number of nitrogens with one attached hydrogen (secondary N) is 2. The van der Waals surface area contributed by atoms with Crippen molar-refractivity contribution in [1.29, 1.82) is 0 Å². The molecule has 1 aromatic rings. The molecule has 1 saturated heterocycles. The Labute approximate surface area is 174 Å². The first kappa shape index (κ1) is 22.6. The van der Waals surface area contributed by atoms with Crippen LogP contribution in [0.4, 0.5) is 0 Å². The predicted molar refractivity (Wildman–Crippen MR) is 120 cm³/mol. The van der Waals surface area contributed by atoms with Crippen LogP contribution in [0.15, 0.2) is 4.99 Å². The number of piperidine rings is 1. The largest absolute Gasteiger partial charge is 0.357 e. The summed E-state index contributed by atoms with van der Waals surface area (Å²) in [6.45, 7) is 13.6. The van der Waals surface area contributed by atoms with E-state index >= 15 is 0 Å². The summed E-state index contributed by atoms with van der Waals surface area (Å²) in [6, 6.07) is 0.600. The first-order valence-electron chi connectivity index (χ1n) is 9.33. The molecule has 1 aromatic heterocycles. The highest BCUT2D eigenvalue weighted by Gasteiger charge is 2.20. The second-order valence-electron chi connectivity index (χ2n) is 6.42. The normalized spacial score (nSPS) is 18.7. The summed E-state index contributed by atoms with van der Waals surface area (Å²) in [4.78, 5) is 13.3. The van der Waals surface area contributed by atoms with E-state index in [9.17, 15) is 0 Å². The van der Waals surface area contributed by atoms with Gasteiger partial charge in [0, 0.05) is 30.4 Å². The van der Waals surface area contributed by atoms with Crippen LogP contribution in [0.3, 0.4) is 0 Å². The monoisotopic (exact) mass is 479 g/mol. The van der Waals surface area contributed by atoms with Crippen LogP contribution in [0.2, 0.25) is 0 Å². The van der Waals surface area contributed by atoms with E-state index < -0.39 is 0 Å². The van der Waals surface area contributed by atoms with Gasteiger partial charge in [-0.25, -0.2) is 4.98 Å². The van der Waals surface area contributed by atoms with E-state index in [1.54, 1.807) is 11.3 Å². The molecule has 0 radical (unpaired) electrons. The van der Waals surface area contributed by atoms with Gasteiger partial charge in [-0.05, 0) is 46.7 Å². The van der Waals surface area contributed by atoms with Crippen molar-refractivity contribution >= 4 is 41.3 Å². The van der Waals surface area contributed by atoms with E-state index in [0.29, 0.717) is 6.04 Å². The summed E-state index contributed by atoms with van der Waals surface area (Å²) in [5.74, 6) is 0.934. The summed E-state index contributed by atoms with van der Waals surface area (Å²) in [5, 5.41) is 8.02. The van der Waals surface area contributed by atoms with Gasteiger partial charge in [0.15, 0.2) is 5.96 Å². The lowest BCUT2D eigenvalue weighted by Gasteiger charge is -2.33. The van der Waals surface area contributed by atoms with Crippen molar-refractivity contribution in [1.82, 2.24) is 20.5 Å². The number of likely N-dealkylation sites (tertiary alicyclic amines) is 1. The minimum atomic E-state index is 0. The molecule has 0 saturated carbocycles. The molecule has 0 aromatic carbocycles. The lowest BCUT2D eigenvalue weighted by molar-refractivity contribution is 0.161. The van der Waals surface area contributed by atoms with Gasteiger partial charge in [-0.1, -0.05) is 13.3 Å². The minimum absolute atomic E-state index is 0. The van der Waals surface area contributed by atoms with Crippen molar-refractivity contribution in [3.8, 4) is 0 Å². The maximum Gasteiger partial charge on any atom is 0.191 e. The Hall–Kier alpha value is -0.410. The number of guanidine groups is 1. The zero-order valence-corrected chi connectivity index (χ0v) is 19.2. The molecule has 5 nitrogen and oxygen atoms in total. The summed E-state index contributed by atoms with van der Waals surface area (Å²) in [6.07, 6.45) is 4.89. The number of aliphatic imine (C=N–C) groups is 1. The molecule has 1 unspecified atom stereocenters. The fourth-order valence-corrected chi connectivity index (χ4v) is 4.09. The van der Waals surface area contributed by atoms with Crippen molar-refractivity contribution in [3.63, 3.8) is 0 Å². The number of hydrogen-bond acceptors (Lipinski definition) is 4. The molecule has 7 heteroatoms. The van der Waals surface area contributed by atoms with Gasteiger partial charge in [0.1, 0.15) is 0 Å². The third kappa shape index (κ3) is 7.38.